The van der Waals surface area contributed by atoms with Crippen molar-refractivity contribution < 1.29 is 0 Å². The largest absolute Gasteiger partial charge is 0.397 e. The van der Waals surface area contributed by atoms with Crippen LogP contribution in [0.3, 0.4) is 0 Å². The maximum absolute atomic E-state index is 5.55. The first kappa shape index (κ1) is 6.16. The van der Waals surface area contributed by atoms with E-state index < -0.39 is 0 Å². The van der Waals surface area contributed by atoms with Crippen LogP contribution in [0.15, 0.2) is 12.3 Å². The first-order valence-corrected chi connectivity index (χ1v) is 2.74. The number of hydrogen-bond acceptors (Lipinski definition) is 3. The highest BCUT2D eigenvalue weighted by molar-refractivity contribution is 6.32. The topological polar surface area (TPSA) is 64.9 Å². The Morgan fingerprint density at radius 1 is 1.44 bits per heavy atom. The lowest BCUT2D eigenvalue weighted by Gasteiger charge is -1.95. The molecule has 48 valence electrons. The zero-order valence-corrected chi connectivity index (χ0v) is 5.39. The summed E-state index contributed by atoms with van der Waals surface area (Å²) in [7, 11) is 0. The van der Waals surface area contributed by atoms with Crippen LogP contribution in [-0.4, -0.2) is 4.98 Å². The molecule has 0 aromatic carbocycles. The number of hydrogen-bond donors (Lipinski definition) is 2. The first-order chi connectivity index (χ1) is 4.20. The molecule has 0 atom stereocenters. The summed E-state index contributed by atoms with van der Waals surface area (Å²) in [4.78, 5) is 3.70. The molecule has 1 rings (SSSR count). The van der Waals surface area contributed by atoms with Gasteiger partial charge in [0.1, 0.15) is 5.82 Å². The van der Waals surface area contributed by atoms with Crippen LogP contribution in [0.4, 0.5) is 11.5 Å². The van der Waals surface area contributed by atoms with Gasteiger partial charge in [-0.15, -0.1) is 0 Å². The van der Waals surface area contributed by atoms with Crippen molar-refractivity contribution in [3.63, 3.8) is 0 Å². The molecule has 0 fully saturated rings. The summed E-state index contributed by atoms with van der Waals surface area (Å²) in [5.41, 5.74) is 11.1. The third kappa shape index (κ3) is 1.23. The van der Waals surface area contributed by atoms with E-state index in [-0.39, 0.29) is 0 Å². The fourth-order valence-electron chi connectivity index (χ4n) is 0.463. The van der Waals surface area contributed by atoms with Crippen LogP contribution in [0, 0.1) is 0 Å². The number of nitrogen functional groups attached to an aromatic ring is 2. The Kier molecular flexibility index (Phi) is 1.44. The van der Waals surface area contributed by atoms with Crippen molar-refractivity contribution in [3.8, 4) is 0 Å². The Morgan fingerprint density at radius 3 is 2.56 bits per heavy atom. The molecule has 4 heteroatoms. The van der Waals surface area contributed by atoms with Crippen molar-refractivity contribution in [1.29, 1.82) is 0 Å². The molecule has 9 heavy (non-hydrogen) atoms. The minimum atomic E-state index is 0.311. The molecule has 0 spiro atoms. The predicted molar refractivity (Wildman–Crippen MR) is 38.1 cm³/mol. The third-order valence-corrected chi connectivity index (χ3v) is 1.19. The third-order valence-electron chi connectivity index (χ3n) is 0.891. The smallest absolute Gasteiger partial charge is 0.142 e. The van der Waals surface area contributed by atoms with Gasteiger partial charge in [0.2, 0.25) is 0 Å². The van der Waals surface area contributed by atoms with Gasteiger partial charge in [-0.2, -0.15) is 0 Å². The number of anilines is 2. The standard InChI is InChI=1S/C5H6ClN3/c6-4-1-3(7)2-9-5(4)8/h1-2H,7H2,(H2,8,9). The average molecular weight is 144 g/mol. The Balaban J connectivity index is 3.17. The Hall–Kier alpha value is -0.960. The van der Waals surface area contributed by atoms with E-state index in [0.29, 0.717) is 16.5 Å². The van der Waals surface area contributed by atoms with E-state index in [1.165, 1.54) is 6.20 Å². The van der Waals surface area contributed by atoms with E-state index in [0.717, 1.165) is 0 Å². The summed E-state index contributed by atoms with van der Waals surface area (Å²) in [6.45, 7) is 0. The normalized spacial score (nSPS) is 9.44. The Bertz CT molecular complexity index is 223. The molecule has 0 amide bonds. The van der Waals surface area contributed by atoms with Gasteiger partial charge < -0.3 is 11.5 Å². The lowest BCUT2D eigenvalue weighted by Crippen LogP contribution is -1.92. The molecule has 1 aromatic heterocycles. The molecule has 0 aliphatic rings. The molecular formula is C5H6ClN3. The van der Waals surface area contributed by atoms with Crippen molar-refractivity contribution >= 4 is 23.1 Å². The molecular weight excluding hydrogens is 138 g/mol. The summed E-state index contributed by atoms with van der Waals surface area (Å²) in [5.74, 6) is 0.311. The van der Waals surface area contributed by atoms with Gasteiger partial charge in [-0.05, 0) is 6.07 Å². The summed E-state index contributed by atoms with van der Waals surface area (Å²) in [6, 6.07) is 1.56. The lowest BCUT2D eigenvalue weighted by molar-refractivity contribution is 1.34. The molecule has 0 saturated heterocycles. The SMILES string of the molecule is Nc1cnc(N)c(Cl)c1. The summed E-state index contributed by atoms with van der Waals surface area (Å²) in [5, 5.41) is 0.398. The lowest BCUT2D eigenvalue weighted by atomic mass is 10.4. The van der Waals surface area contributed by atoms with Crippen LogP contribution in [0.25, 0.3) is 0 Å². The van der Waals surface area contributed by atoms with E-state index in [1.807, 2.05) is 0 Å². The highest BCUT2D eigenvalue weighted by atomic mass is 35.5. The van der Waals surface area contributed by atoms with E-state index in [9.17, 15) is 0 Å². The number of rotatable bonds is 0. The second-order valence-electron chi connectivity index (χ2n) is 1.64. The van der Waals surface area contributed by atoms with Gasteiger partial charge >= 0.3 is 0 Å². The van der Waals surface area contributed by atoms with Crippen LogP contribution in [0.2, 0.25) is 5.02 Å². The molecule has 0 saturated carbocycles. The van der Waals surface area contributed by atoms with Crippen LogP contribution in [-0.2, 0) is 0 Å². The number of halogens is 1. The number of nitrogens with two attached hydrogens (primary N) is 2. The van der Waals surface area contributed by atoms with Gasteiger partial charge in [0.05, 0.1) is 16.9 Å². The maximum atomic E-state index is 5.55. The molecule has 0 radical (unpaired) electrons. The maximum Gasteiger partial charge on any atom is 0.142 e. The molecule has 0 aliphatic heterocycles. The Morgan fingerprint density at radius 2 is 2.11 bits per heavy atom. The van der Waals surface area contributed by atoms with Crippen molar-refractivity contribution in [3.05, 3.63) is 17.3 Å². The molecule has 1 aromatic rings. The summed E-state index contributed by atoms with van der Waals surface area (Å²) in [6.07, 6.45) is 1.46. The quantitative estimate of drug-likeness (QED) is 0.567. The second-order valence-corrected chi connectivity index (χ2v) is 2.04. The zero-order valence-electron chi connectivity index (χ0n) is 4.63. The fourth-order valence-corrected chi connectivity index (χ4v) is 0.638. The number of nitrogens with zero attached hydrogens (tertiary/aromatic N) is 1. The van der Waals surface area contributed by atoms with E-state index in [2.05, 4.69) is 4.98 Å². The summed E-state index contributed by atoms with van der Waals surface area (Å²) < 4.78 is 0. The molecule has 0 aliphatic carbocycles. The van der Waals surface area contributed by atoms with Gasteiger partial charge in [-0.25, -0.2) is 4.98 Å². The van der Waals surface area contributed by atoms with Crippen LogP contribution >= 0.6 is 11.6 Å². The van der Waals surface area contributed by atoms with Crippen molar-refractivity contribution in [2.45, 2.75) is 0 Å². The number of pyridine rings is 1. The second kappa shape index (κ2) is 2.11. The van der Waals surface area contributed by atoms with Gasteiger partial charge in [-0.3, -0.25) is 0 Å². The van der Waals surface area contributed by atoms with Crippen molar-refractivity contribution in [2.75, 3.05) is 11.5 Å². The van der Waals surface area contributed by atoms with Crippen molar-refractivity contribution in [2.24, 2.45) is 0 Å². The van der Waals surface area contributed by atoms with Crippen LogP contribution in [0.5, 0.6) is 0 Å². The van der Waals surface area contributed by atoms with E-state index >= 15 is 0 Å². The molecule has 3 nitrogen and oxygen atoms in total. The van der Waals surface area contributed by atoms with Gasteiger partial charge in [-0.1, -0.05) is 11.6 Å². The van der Waals surface area contributed by atoms with E-state index in [4.69, 9.17) is 23.1 Å². The average Bonchev–Trinajstić information content (AvgIpc) is 1.80. The molecule has 0 unspecified atom stereocenters. The molecule has 1 heterocycles. The van der Waals surface area contributed by atoms with Gasteiger partial charge in [0.25, 0.3) is 0 Å². The highest BCUT2D eigenvalue weighted by Crippen LogP contribution is 2.16. The predicted octanol–water partition coefficient (Wildman–Crippen LogP) is 0.899. The van der Waals surface area contributed by atoms with Crippen LogP contribution in [0.1, 0.15) is 0 Å². The fraction of sp³-hybridized carbons (Fsp3) is 0. The van der Waals surface area contributed by atoms with Gasteiger partial charge in [0.15, 0.2) is 0 Å². The van der Waals surface area contributed by atoms with Gasteiger partial charge in [0, 0.05) is 0 Å². The van der Waals surface area contributed by atoms with E-state index in [1.54, 1.807) is 6.07 Å². The van der Waals surface area contributed by atoms with Crippen LogP contribution < -0.4 is 11.5 Å². The zero-order chi connectivity index (χ0) is 6.85. The minimum Gasteiger partial charge on any atom is -0.397 e. The Labute approximate surface area is 57.6 Å². The monoisotopic (exact) mass is 143 g/mol. The highest BCUT2D eigenvalue weighted by Gasteiger charge is 1.94. The number of aromatic nitrogens is 1. The summed E-state index contributed by atoms with van der Waals surface area (Å²) >= 11 is 5.55. The molecule has 4 N–H and O–H groups in total. The van der Waals surface area contributed by atoms with Crippen molar-refractivity contribution in [1.82, 2.24) is 4.98 Å². The molecule has 0 bridgehead atoms. The minimum absolute atomic E-state index is 0.311. The first-order valence-electron chi connectivity index (χ1n) is 2.36.